The van der Waals surface area contributed by atoms with Crippen molar-refractivity contribution in [2.75, 3.05) is 6.54 Å². The summed E-state index contributed by atoms with van der Waals surface area (Å²) in [6.45, 7) is 3.11. The topological polar surface area (TPSA) is 107 Å². The fourth-order valence-electron chi connectivity index (χ4n) is 3.75. The molecule has 0 amide bonds. The Morgan fingerprint density at radius 3 is 2.25 bits per heavy atom. The minimum absolute atomic E-state index is 0.00503. The standard InChI is InChI=1S/C19H22N2O2S.CH2O3/c1-14-18(16-8-3-2-4-9-16)19(14)20-24(22,23)21-12-11-15-7-5-6-10-17(15)13-21;2-1(3)4/h2-10,14,18-20H,11-13H2,1H3;(H2,2,3,4)/t14-,18-,19+;/m1./s1. The van der Waals surface area contributed by atoms with Gasteiger partial charge < -0.3 is 10.2 Å². The van der Waals surface area contributed by atoms with E-state index in [-0.39, 0.29) is 12.0 Å². The number of rotatable bonds is 4. The van der Waals surface area contributed by atoms with Gasteiger partial charge in [0.1, 0.15) is 0 Å². The summed E-state index contributed by atoms with van der Waals surface area (Å²) in [7, 11) is -3.45. The minimum atomic E-state index is -3.45. The molecule has 1 saturated carbocycles. The summed E-state index contributed by atoms with van der Waals surface area (Å²) in [5.41, 5.74) is 3.57. The first kappa shape index (κ1) is 20.3. The molecule has 8 heteroatoms. The van der Waals surface area contributed by atoms with Crippen LogP contribution in [0.4, 0.5) is 4.79 Å². The van der Waals surface area contributed by atoms with Crippen molar-refractivity contribution < 1.29 is 23.4 Å². The lowest BCUT2D eigenvalue weighted by Gasteiger charge is -2.28. The van der Waals surface area contributed by atoms with E-state index in [4.69, 9.17) is 15.0 Å². The largest absolute Gasteiger partial charge is 0.503 e. The number of benzene rings is 2. The molecule has 0 bridgehead atoms. The van der Waals surface area contributed by atoms with Gasteiger partial charge in [0.2, 0.25) is 0 Å². The fraction of sp³-hybridized carbons (Fsp3) is 0.350. The van der Waals surface area contributed by atoms with Crippen molar-refractivity contribution in [1.82, 2.24) is 9.03 Å². The van der Waals surface area contributed by atoms with Crippen LogP contribution in [0.1, 0.15) is 29.5 Å². The van der Waals surface area contributed by atoms with Crippen molar-refractivity contribution in [1.29, 1.82) is 0 Å². The molecule has 3 N–H and O–H groups in total. The summed E-state index contributed by atoms with van der Waals surface area (Å²) >= 11 is 0. The second kappa shape index (κ2) is 8.30. The van der Waals surface area contributed by atoms with Gasteiger partial charge in [-0.2, -0.15) is 17.4 Å². The highest BCUT2D eigenvalue weighted by atomic mass is 32.2. The van der Waals surface area contributed by atoms with Gasteiger partial charge in [0.15, 0.2) is 0 Å². The maximum Gasteiger partial charge on any atom is 0.503 e. The second-order valence-electron chi connectivity index (χ2n) is 7.08. The van der Waals surface area contributed by atoms with Crippen LogP contribution in [0.15, 0.2) is 54.6 Å². The van der Waals surface area contributed by atoms with Crippen molar-refractivity contribution in [2.24, 2.45) is 5.92 Å². The summed E-state index contributed by atoms with van der Waals surface area (Å²) in [4.78, 5) is 8.56. The van der Waals surface area contributed by atoms with Crippen LogP contribution in [0, 0.1) is 5.92 Å². The predicted octanol–water partition coefficient (Wildman–Crippen LogP) is 2.90. The molecule has 0 saturated heterocycles. The highest BCUT2D eigenvalue weighted by molar-refractivity contribution is 7.87. The van der Waals surface area contributed by atoms with E-state index in [2.05, 4.69) is 29.8 Å². The summed E-state index contributed by atoms with van der Waals surface area (Å²) < 4.78 is 30.1. The average Bonchev–Trinajstić information content (AvgIpc) is 3.29. The van der Waals surface area contributed by atoms with Crippen molar-refractivity contribution in [3.63, 3.8) is 0 Å². The lowest BCUT2D eigenvalue weighted by molar-refractivity contribution is 0.137. The molecule has 2 aliphatic rings. The maximum absolute atomic E-state index is 12.8. The fourth-order valence-corrected chi connectivity index (χ4v) is 5.25. The molecule has 2 aromatic carbocycles. The molecule has 2 aromatic rings. The van der Waals surface area contributed by atoms with Gasteiger partial charge in [0, 0.05) is 25.0 Å². The molecule has 1 aliphatic carbocycles. The third-order valence-corrected chi connectivity index (χ3v) is 6.85. The Morgan fingerprint density at radius 1 is 1.04 bits per heavy atom. The quantitative estimate of drug-likeness (QED) is 0.726. The van der Waals surface area contributed by atoms with E-state index >= 15 is 0 Å². The molecule has 0 radical (unpaired) electrons. The molecule has 28 heavy (non-hydrogen) atoms. The summed E-state index contributed by atoms with van der Waals surface area (Å²) in [6, 6.07) is 18.2. The third kappa shape index (κ3) is 4.70. The normalized spacial score (nSPS) is 23.8. The zero-order chi connectivity index (χ0) is 20.3. The molecule has 1 aliphatic heterocycles. The number of fused-ring (bicyclic) bond motifs is 1. The summed E-state index contributed by atoms with van der Waals surface area (Å²) in [6.07, 6.45) is -1.06. The zero-order valence-corrected chi connectivity index (χ0v) is 16.3. The molecule has 1 fully saturated rings. The van der Waals surface area contributed by atoms with E-state index in [0.29, 0.717) is 19.0 Å². The molecule has 0 aromatic heterocycles. The van der Waals surface area contributed by atoms with Crippen molar-refractivity contribution in [2.45, 2.75) is 31.8 Å². The minimum Gasteiger partial charge on any atom is -0.450 e. The van der Waals surface area contributed by atoms with Gasteiger partial charge in [-0.05, 0) is 29.0 Å². The van der Waals surface area contributed by atoms with Crippen molar-refractivity contribution >= 4 is 16.4 Å². The van der Waals surface area contributed by atoms with E-state index in [1.54, 1.807) is 4.31 Å². The lowest BCUT2D eigenvalue weighted by atomic mass is 10.0. The Kier molecular flexibility index (Phi) is 6.02. The van der Waals surface area contributed by atoms with E-state index in [0.717, 1.165) is 12.0 Å². The smallest absolute Gasteiger partial charge is 0.450 e. The summed E-state index contributed by atoms with van der Waals surface area (Å²) in [5.74, 6) is 0.609. The van der Waals surface area contributed by atoms with Crippen LogP contribution in [0.3, 0.4) is 0 Å². The second-order valence-corrected chi connectivity index (χ2v) is 8.78. The van der Waals surface area contributed by atoms with Gasteiger partial charge in [-0.3, -0.25) is 0 Å². The Bertz CT molecular complexity index is 929. The van der Waals surface area contributed by atoms with Gasteiger partial charge >= 0.3 is 6.16 Å². The summed E-state index contributed by atoms with van der Waals surface area (Å²) in [5, 5.41) is 13.9. The van der Waals surface area contributed by atoms with Crippen LogP contribution in [0.2, 0.25) is 0 Å². The first-order valence-corrected chi connectivity index (χ1v) is 10.5. The molecule has 4 rings (SSSR count). The van der Waals surface area contributed by atoms with Crippen LogP contribution in [-0.4, -0.2) is 41.7 Å². The number of nitrogens with one attached hydrogen (secondary N) is 1. The van der Waals surface area contributed by atoms with Crippen LogP contribution >= 0.6 is 0 Å². The monoisotopic (exact) mass is 404 g/mol. The van der Waals surface area contributed by atoms with E-state index in [1.807, 2.05) is 36.4 Å². The SMILES string of the molecule is C[C@H]1[C@H](NS(=O)(=O)N2CCc3ccccc3C2)[C@H]1c1ccccc1.O=C(O)O. The third-order valence-electron chi connectivity index (χ3n) is 5.28. The number of hydrogen-bond donors (Lipinski definition) is 3. The number of carboxylic acid groups (broad SMARTS) is 2. The van der Waals surface area contributed by atoms with Crippen molar-refractivity contribution in [3.05, 3.63) is 71.3 Å². The average molecular weight is 404 g/mol. The molecule has 3 atom stereocenters. The maximum atomic E-state index is 12.8. The van der Waals surface area contributed by atoms with Crippen LogP contribution in [0.25, 0.3) is 0 Å². The van der Waals surface area contributed by atoms with Gasteiger partial charge in [-0.15, -0.1) is 0 Å². The molecule has 7 nitrogen and oxygen atoms in total. The Morgan fingerprint density at radius 2 is 1.61 bits per heavy atom. The van der Waals surface area contributed by atoms with Crippen LogP contribution < -0.4 is 4.72 Å². The first-order chi connectivity index (χ1) is 13.3. The zero-order valence-electron chi connectivity index (χ0n) is 15.5. The van der Waals surface area contributed by atoms with E-state index < -0.39 is 16.4 Å². The van der Waals surface area contributed by atoms with E-state index in [1.165, 1.54) is 11.1 Å². The molecule has 1 heterocycles. The number of nitrogens with zero attached hydrogens (tertiary/aromatic N) is 1. The molecular formula is C20H24N2O5S. The Labute approximate surface area is 164 Å². The molecule has 0 unspecified atom stereocenters. The first-order valence-electron chi connectivity index (χ1n) is 9.10. The number of carbonyl (C=O) groups is 1. The predicted molar refractivity (Wildman–Crippen MR) is 105 cm³/mol. The van der Waals surface area contributed by atoms with Crippen LogP contribution in [-0.2, 0) is 23.2 Å². The molecule has 150 valence electrons. The lowest BCUT2D eigenvalue weighted by Crippen LogP contribution is -2.44. The molecular weight excluding hydrogens is 380 g/mol. The highest BCUT2D eigenvalue weighted by Crippen LogP contribution is 2.47. The Hall–Kier alpha value is -2.42. The van der Waals surface area contributed by atoms with Gasteiger partial charge in [-0.25, -0.2) is 4.79 Å². The Balaban J connectivity index is 0.000000516. The van der Waals surface area contributed by atoms with Gasteiger partial charge in [0.25, 0.3) is 10.2 Å². The molecule has 0 spiro atoms. The van der Waals surface area contributed by atoms with E-state index in [9.17, 15) is 8.42 Å². The van der Waals surface area contributed by atoms with Gasteiger partial charge in [0.05, 0.1) is 0 Å². The number of hydrogen-bond acceptors (Lipinski definition) is 3. The van der Waals surface area contributed by atoms with Gasteiger partial charge in [-0.1, -0.05) is 61.5 Å². The van der Waals surface area contributed by atoms with Crippen LogP contribution in [0.5, 0.6) is 0 Å². The highest BCUT2D eigenvalue weighted by Gasteiger charge is 2.50. The van der Waals surface area contributed by atoms with Crippen molar-refractivity contribution in [3.8, 4) is 0 Å².